The predicted molar refractivity (Wildman–Crippen MR) is 123 cm³/mol. The normalized spacial score (nSPS) is 11.9. The van der Waals surface area contributed by atoms with Crippen molar-refractivity contribution in [2.24, 2.45) is 10.5 Å². The largest absolute Gasteiger partial charge is 0.484 e. The molecule has 2 rings (SSSR count). The van der Waals surface area contributed by atoms with Crippen LogP contribution in [0.3, 0.4) is 0 Å². The fourth-order valence-corrected chi connectivity index (χ4v) is 3.61. The Labute approximate surface area is 184 Å². The molecule has 2 aromatic carbocycles. The van der Waals surface area contributed by atoms with Gasteiger partial charge in [-0.15, -0.1) is 0 Å². The smallest absolute Gasteiger partial charge is 0.337 e. The lowest BCUT2D eigenvalue weighted by Gasteiger charge is -2.33. The molecular weight excluding hydrogens is 392 g/mol. The van der Waals surface area contributed by atoms with E-state index in [2.05, 4.69) is 62.0 Å². The quantitative estimate of drug-likeness (QED) is 0.378. The lowest BCUT2D eigenvalue weighted by molar-refractivity contribution is -0.123. The van der Waals surface area contributed by atoms with E-state index >= 15 is 0 Å². The SMILES string of the molecule is COC(=O)c1ccc(/C=N/NC(=O)COc2ccc(C(C)(C)CC(C)(C)C)cc2)cc1. The number of carbonyl (C=O) groups excluding carboxylic acids is 2. The van der Waals surface area contributed by atoms with Gasteiger partial charge in [0.25, 0.3) is 5.91 Å². The Kier molecular flexibility index (Phi) is 7.97. The third kappa shape index (κ3) is 7.89. The number of carbonyl (C=O) groups is 2. The Balaban J connectivity index is 1.83. The van der Waals surface area contributed by atoms with E-state index in [1.807, 2.05) is 12.1 Å². The Bertz CT molecular complexity index is 908. The van der Waals surface area contributed by atoms with Gasteiger partial charge in [-0.1, -0.05) is 58.9 Å². The number of rotatable bonds is 8. The second-order valence-corrected chi connectivity index (χ2v) is 9.34. The van der Waals surface area contributed by atoms with E-state index in [-0.39, 0.29) is 23.3 Å². The van der Waals surface area contributed by atoms with Gasteiger partial charge in [-0.3, -0.25) is 4.79 Å². The number of esters is 1. The topological polar surface area (TPSA) is 77.0 Å². The summed E-state index contributed by atoms with van der Waals surface area (Å²) in [5.74, 6) is -0.132. The molecule has 0 atom stereocenters. The lowest BCUT2D eigenvalue weighted by atomic mass is 9.72. The molecule has 6 heteroatoms. The Hall–Kier alpha value is -3.15. The summed E-state index contributed by atoms with van der Waals surface area (Å²) in [5.41, 5.74) is 5.14. The summed E-state index contributed by atoms with van der Waals surface area (Å²) in [6.45, 7) is 11.1. The fraction of sp³-hybridized carbons (Fsp3) is 0.400. The highest BCUT2D eigenvalue weighted by atomic mass is 16.5. The summed E-state index contributed by atoms with van der Waals surface area (Å²) in [5, 5.41) is 3.91. The Morgan fingerprint density at radius 1 is 0.968 bits per heavy atom. The van der Waals surface area contributed by atoms with Gasteiger partial charge in [0.2, 0.25) is 0 Å². The summed E-state index contributed by atoms with van der Waals surface area (Å²) in [6, 6.07) is 14.6. The number of methoxy groups -OCH3 is 1. The van der Waals surface area contributed by atoms with Gasteiger partial charge in [0, 0.05) is 0 Å². The molecule has 31 heavy (non-hydrogen) atoms. The van der Waals surface area contributed by atoms with E-state index in [9.17, 15) is 9.59 Å². The van der Waals surface area contributed by atoms with Gasteiger partial charge in [0.1, 0.15) is 5.75 Å². The first-order valence-electron chi connectivity index (χ1n) is 10.2. The maximum absolute atomic E-state index is 12.0. The van der Waals surface area contributed by atoms with Crippen molar-refractivity contribution in [3.63, 3.8) is 0 Å². The third-order valence-electron chi connectivity index (χ3n) is 4.71. The third-order valence-corrected chi connectivity index (χ3v) is 4.71. The van der Waals surface area contributed by atoms with Gasteiger partial charge in [-0.2, -0.15) is 5.10 Å². The summed E-state index contributed by atoms with van der Waals surface area (Å²) in [4.78, 5) is 23.4. The number of nitrogens with one attached hydrogen (secondary N) is 1. The van der Waals surface area contributed by atoms with Crippen molar-refractivity contribution in [1.29, 1.82) is 0 Å². The zero-order valence-corrected chi connectivity index (χ0v) is 19.2. The number of hydrogen-bond acceptors (Lipinski definition) is 5. The van der Waals surface area contributed by atoms with Crippen LogP contribution in [-0.2, 0) is 14.9 Å². The fourth-order valence-electron chi connectivity index (χ4n) is 3.61. The molecule has 1 amide bonds. The zero-order valence-electron chi connectivity index (χ0n) is 19.2. The van der Waals surface area contributed by atoms with Crippen LogP contribution in [0.1, 0.15) is 62.5 Å². The van der Waals surface area contributed by atoms with E-state index in [0.29, 0.717) is 11.3 Å². The second kappa shape index (κ2) is 10.2. The molecule has 0 heterocycles. The number of nitrogens with zero attached hydrogens (tertiary/aromatic N) is 1. The van der Waals surface area contributed by atoms with E-state index < -0.39 is 5.97 Å². The van der Waals surface area contributed by atoms with E-state index in [1.54, 1.807) is 24.3 Å². The van der Waals surface area contributed by atoms with Gasteiger partial charge in [-0.25, -0.2) is 10.2 Å². The van der Waals surface area contributed by atoms with E-state index in [0.717, 1.165) is 12.0 Å². The molecule has 0 aliphatic rings. The maximum Gasteiger partial charge on any atom is 0.337 e. The van der Waals surface area contributed by atoms with E-state index in [1.165, 1.54) is 18.9 Å². The molecule has 166 valence electrons. The van der Waals surface area contributed by atoms with Crippen LogP contribution < -0.4 is 10.2 Å². The maximum atomic E-state index is 12.0. The number of amides is 1. The van der Waals surface area contributed by atoms with Crippen LogP contribution in [0.15, 0.2) is 53.6 Å². The molecule has 0 radical (unpaired) electrons. The van der Waals surface area contributed by atoms with Crippen LogP contribution in [0.4, 0.5) is 0 Å². The first-order valence-corrected chi connectivity index (χ1v) is 10.2. The van der Waals surface area contributed by atoms with Crippen molar-refractivity contribution in [3.8, 4) is 5.75 Å². The highest BCUT2D eigenvalue weighted by molar-refractivity contribution is 5.90. The monoisotopic (exact) mass is 424 g/mol. The standard InChI is InChI=1S/C25H32N2O4/c1-24(2,3)17-25(4,5)20-11-13-21(14-12-20)31-16-22(28)27-26-15-18-7-9-19(10-8-18)23(29)30-6/h7-15H,16-17H2,1-6H3,(H,27,28)/b26-15+. The molecule has 6 nitrogen and oxygen atoms in total. The average molecular weight is 425 g/mol. The van der Waals surface area contributed by atoms with Gasteiger partial charge < -0.3 is 9.47 Å². The summed E-state index contributed by atoms with van der Waals surface area (Å²) in [7, 11) is 1.33. The molecule has 0 unspecified atom stereocenters. The minimum atomic E-state index is -0.403. The number of hydrogen-bond donors (Lipinski definition) is 1. The van der Waals surface area contributed by atoms with Crippen molar-refractivity contribution in [1.82, 2.24) is 5.43 Å². The molecule has 2 aromatic rings. The Morgan fingerprint density at radius 2 is 1.58 bits per heavy atom. The van der Waals surface area contributed by atoms with Crippen LogP contribution in [0.5, 0.6) is 5.75 Å². The number of benzene rings is 2. The Morgan fingerprint density at radius 3 is 2.13 bits per heavy atom. The predicted octanol–water partition coefficient (Wildman–Crippen LogP) is 4.72. The molecule has 0 saturated heterocycles. The minimum Gasteiger partial charge on any atom is -0.484 e. The highest BCUT2D eigenvalue weighted by Gasteiger charge is 2.27. The molecule has 0 bridgehead atoms. The molecule has 0 aliphatic carbocycles. The minimum absolute atomic E-state index is 0.0535. The van der Waals surface area contributed by atoms with Crippen LogP contribution >= 0.6 is 0 Å². The van der Waals surface area contributed by atoms with Crippen LogP contribution in [0, 0.1) is 5.41 Å². The highest BCUT2D eigenvalue weighted by Crippen LogP contribution is 2.36. The van der Waals surface area contributed by atoms with Crippen molar-refractivity contribution < 1.29 is 19.1 Å². The molecule has 0 aliphatic heterocycles. The van der Waals surface area contributed by atoms with Crippen molar-refractivity contribution >= 4 is 18.1 Å². The van der Waals surface area contributed by atoms with Crippen molar-refractivity contribution in [2.45, 2.75) is 46.5 Å². The van der Waals surface area contributed by atoms with Crippen LogP contribution in [0.2, 0.25) is 0 Å². The van der Waals surface area contributed by atoms with Gasteiger partial charge in [-0.05, 0) is 52.6 Å². The second-order valence-electron chi connectivity index (χ2n) is 9.34. The molecule has 0 saturated carbocycles. The van der Waals surface area contributed by atoms with Crippen molar-refractivity contribution in [3.05, 3.63) is 65.2 Å². The van der Waals surface area contributed by atoms with E-state index in [4.69, 9.17) is 4.74 Å². The number of ether oxygens (including phenoxy) is 2. The lowest BCUT2D eigenvalue weighted by Crippen LogP contribution is -2.25. The average Bonchev–Trinajstić information content (AvgIpc) is 2.71. The first kappa shape index (κ1) is 24.1. The summed E-state index contributed by atoms with van der Waals surface area (Å²) >= 11 is 0. The molecule has 0 aromatic heterocycles. The molecule has 1 N–H and O–H groups in total. The van der Waals surface area contributed by atoms with Crippen molar-refractivity contribution in [2.75, 3.05) is 13.7 Å². The first-order chi connectivity index (χ1) is 14.5. The summed E-state index contributed by atoms with van der Waals surface area (Å²) < 4.78 is 10.2. The zero-order chi connectivity index (χ0) is 23.1. The number of hydrazone groups is 1. The van der Waals surface area contributed by atoms with Gasteiger partial charge >= 0.3 is 5.97 Å². The molecule has 0 fully saturated rings. The van der Waals surface area contributed by atoms with Crippen LogP contribution in [0.25, 0.3) is 0 Å². The van der Waals surface area contributed by atoms with Gasteiger partial charge in [0.05, 0.1) is 18.9 Å². The molecule has 0 spiro atoms. The summed E-state index contributed by atoms with van der Waals surface area (Å²) in [6.07, 6.45) is 2.55. The van der Waals surface area contributed by atoms with Gasteiger partial charge in [0.15, 0.2) is 6.61 Å². The van der Waals surface area contributed by atoms with Crippen LogP contribution in [-0.4, -0.2) is 31.8 Å². The molecular formula is C25H32N2O4.